The Morgan fingerprint density at radius 2 is 2.15 bits per heavy atom. The molecular weight excluding hydrogens is 372 g/mol. The SMILES string of the molecule is CC(C(=O)N1CCCC1c1cccs1)N1C[C@@H]2CCC[C@@]2(C(=O)O)C1.Cl. The van der Waals surface area contributed by atoms with E-state index in [-0.39, 0.29) is 36.3 Å². The summed E-state index contributed by atoms with van der Waals surface area (Å²) in [6.45, 7) is 4.05. The van der Waals surface area contributed by atoms with Gasteiger partial charge in [-0.15, -0.1) is 23.7 Å². The average Bonchev–Trinajstić information content (AvgIpc) is 3.35. The molecule has 26 heavy (non-hydrogen) atoms. The van der Waals surface area contributed by atoms with E-state index < -0.39 is 11.4 Å². The number of halogens is 1. The molecule has 0 aromatic carbocycles. The molecule has 5 nitrogen and oxygen atoms in total. The van der Waals surface area contributed by atoms with Crippen LogP contribution in [0, 0.1) is 11.3 Å². The molecule has 2 saturated heterocycles. The highest BCUT2D eigenvalue weighted by atomic mass is 35.5. The van der Waals surface area contributed by atoms with Crippen molar-refractivity contribution in [2.75, 3.05) is 19.6 Å². The Labute approximate surface area is 164 Å². The number of carboxylic acid groups (broad SMARTS) is 1. The third-order valence-corrected chi connectivity index (χ3v) is 7.61. The number of likely N-dealkylation sites (tertiary alicyclic amines) is 2. The standard InChI is InChI=1S/C19H26N2O3S.ClH/c1-13(20-11-14-5-2-8-19(14,12-20)18(23)24)17(22)21-9-3-6-15(21)16-7-4-10-25-16;/h4,7,10,13-15H,2-3,5-6,8-9,11-12H2,1H3,(H,23,24);1H/t13?,14-,15?,19+;/m0./s1. The molecule has 7 heteroatoms. The van der Waals surface area contributed by atoms with Crippen LogP contribution in [0.2, 0.25) is 0 Å². The molecule has 1 saturated carbocycles. The molecule has 4 rings (SSSR count). The molecule has 1 aliphatic carbocycles. The number of rotatable bonds is 4. The van der Waals surface area contributed by atoms with Crippen LogP contribution in [0.5, 0.6) is 0 Å². The quantitative estimate of drug-likeness (QED) is 0.844. The van der Waals surface area contributed by atoms with Crippen LogP contribution in [-0.2, 0) is 9.59 Å². The molecule has 1 aromatic heterocycles. The highest BCUT2D eigenvalue weighted by Gasteiger charge is 2.56. The van der Waals surface area contributed by atoms with E-state index in [0.717, 1.165) is 45.2 Å². The van der Waals surface area contributed by atoms with E-state index in [0.29, 0.717) is 6.54 Å². The van der Waals surface area contributed by atoms with E-state index in [1.807, 2.05) is 17.9 Å². The smallest absolute Gasteiger partial charge is 0.311 e. The number of amides is 1. The first-order chi connectivity index (χ1) is 12.0. The first kappa shape index (κ1) is 19.6. The van der Waals surface area contributed by atoms with Gasteiger partial charge in [0.25, 0.3) is 0 Å². The second-order valence-electron chi connectivity index (χ2n) is 7.86. The van der Waals surface area contributed by atoms with Gasteiger partial charge in [0.1, 0.15) is 0 Å². The van der Waals surface area contributed by atoms with Gasteiger partial charge in [-0.05, 0) is 50.0 Å². The maximum absolute atomic E-state index is 13.2. The number of carbonyl (C=O) groups is 2. The number of fused-ring (bicyclic) bond motifs is 1. The lowest BCUT2D eigenvalue weighted by Crippen LogP contribution is -2.47. The first-order valence-electron chi connectivity index (χ1n) is 9.34. The van der Waals surface area contributed by atoms with Crippen LogP contribution in [0.15, 0.2) is 17.5 Å². The summed E-state index contributed by atoms with van der Waals surface area (Å²) in [5, 5.41) is 11.8. The Hall–Kier alpha value is -1.11. The monoisotopic (exact) mass is 398 g/mol. The number of carboxylic acids is 1. The Kier molecular flexibility index (Phi) is 5.66. The summed E-state index contributed by atoms with van der Waals surface area (Å²) < 4.78 is 0. The minimum absolute atomic E-state index is 0. The largest absolute Gasteiger partial charge is 0.481 e. The van der Waals surface area contributed by atoms with Crippen molar-refractivity contribution in [3.8, 4) is 0 Å². The Balaban J connectivity index is 0.00000196. The first-order valence-corrected chi connectivity index (χ1v) is 10.2. The molecule has 2 unspecified atom stereocenters. The van der Waals surface area contributed by atoms with E-state index in [4.69, 9.17) is 0 Å². The summed E-state index contributed by atoms with van der Waals surface area (Å²) in [4.78, 5) is 30.5. The fraction of sp³-hybridized carbons (Fsp3) is 0.684. The lowest BCUT2D eigenvalue weighted by molar-refractivity contribution is -0.150. The van der Waals surface area contributed by atoms with Gasteiger partial charge in [-0.25, -0.2) is 0 Å². The summed E-state index contributed by atoms with van der Waals surface area (Å²) in [6, 6.07) is 4.13. The molecule has 0 spiro atoms. The van der Waals surface area contributed by atoms with Gasteiger partial charge in [-0.2, -0.15) is 0 Å². The summed E-state index contributed by atoms with van der Waals surface area (Å²) in [6.07, 6.45) is 4.81. The average molecular weight is 399 g/mol. The molecular formula is C19H27ClN2O3S. The van der Waals surface area contributed by atoms with E-state index in [1.165, 1.54) is 4.88 Å². The van der Waals surface area contributed by atoms with Crippen molar-refractivity contribution in [2.45, 2.75) is 51.1 Å². The molecule has 4 atom stereocenters. The molecule has 3 heterocycles. The molecule has 0 bridgehead atoms. The van der Waals surface area contributed by atoms with Crippen LogP contribution in [0.3, 0.4) is 0 Å². The minimum Gasteiger partial charge on any atom is -0.481 e. The summed E-state index contributed by atoms with van der Waals surface area (Å²) in [5.74, 6) is -0.307. The predicted octanol–water partition coefficient (Wildman–Crippen LogP) is 3.41. The van der Waals surface area contributed by atoms with Crippen molar-refractivity contribution >= 4 is 35.6 Å². The highest BCUT2D eigenvalue weighted by Crippen LogP contribution is 2.49. The second kappa shape index (κ2) is 7.49. The normalized spacial score (nSPS) is 32.3. The third-order valence-electron chi connectivity index (χ3n) is 6.64. The van der Waals surface area contributed by atoms with Crippen molar-refractivity contribution in [3.63, 3.8) is 0 Å². The molecule has 1 aromatic rings. The van der Waals surface area contributed by atoms with Crippen LogP contribution >= 0.6 is 23.7 Å². The van der Waals surface area contributed by atoms with Crippen molar-refractivity contribution in [3.05, 3.63) is 22.4 Å². The topological polar surface area (TPSA) is 60.9 Å². The lowest BCUT2D eigenvalue weighted by Gasteiger charge is -2.32. The van der Waals surface area contributed by atoms with Crippen LogP contribution in [0.4, 0.5) is 0 Å². The van der Waals surface area contributed by atoms with E-state index >= 15 is 0 Å². The van der Waals surface area contributed by atoms with Gasteiger partial charge in [0, 0.05) is 24.5 Å². The van der Waals surface area contributed by atoms with E-state index in [1.54, 1.807) is 11.3 Å². The van der Waals surface area contributed by atoms with Gasteiger partial charge in [-0.3, -0.25) is 14.5 Å². The lowest BCUT2D eigenvalue weighted by atomic mass is 9.81. The maximum Gasteiger partial charge on any atom is 0.311 e. The Morgan fingerprint density at radius 1 is 1.35 bits per heavy atom. The predicted molar refractivity (Wildman–Crippen MR) is 104 cm³/mol. The van der Waals surface area contributed by atoms with Crippen LogP contribution in [-0.4, -0.2) is 52.5 Å². The van der Waals surface area contributed by atoms with Gasteiger partial charge in [0.05, 0.1) is 17.5 Å². The van der Waals surface area contributed by atoms with Crippen molar-refractivity contribution in [1.29, 1.82) is 0 Å². The molecule has 0 radical (unpaired) electrons. The number of hydrogen-bond acceptors (Lipinski definition) is 4. The number of aliphatic carboxylic acids is 1. The van der Waals surface area contributed by atoms with Gasteiger partial charge < -0.3 is 10.0 Å². The summed E-state index contributed by atoms with van der Waals surface area (Å²) in [5.41, 5.74) is -0.618. The zero-order valence-corrected chi connectivity index (χ0v) is 16.7. The molecule has 2 aliphatic heterocycles. The number of hydrogen-bond donors (Lipinski definition) is 1. The van der Waals surface area contributed by atoms with Gasteiger partial charge >= 0.3 is 5.97 Å². The molecule has 1 N–H and O–H groups in total. The van der Waals surface area contributed by atoms with Crippen LogP contribution < -0.4 is 0 Å². The Morgan fingerprint density at radius 3 is 2.81 bits per heavy atom. The molecule has 1 amide bonds. The fourth-order valence-electron chi connectivity index (χ4n) is 5.18. The summed E-state index contributed by atoms with van der Waals surface area (Å²) >= 11 is 1.72. The second-order valence-corrected chi connectivity index (χ2v) is 8.84. The number of nitrogens with zero attached hydrogens (tertiary/aromatic N) is 2. The van der Waals surface area contributed by atoms with E-state index in [9.17, 15) is 14.7 Å². The number of thiophene rings is 1. The van der Waals surface area contributed by atoms with Crippen molar-refractivity contribution < 1.29 is 14.7 Å². The maximum atomic E-state index is 13.2. The number of carbonyl (C=O) groups excluding carboxylic acids is 1. The molecule has 3 aliphatic rings. The zero-order chi connectivity index (χ0) is 17.6. The summed E-state index contributed by atoms with van der Waals surface area (Å²) in [7, 11) is 0. The molecule has 3 fully saturated rings. The minimum atomic E-state index is -0.671. The van der Waals surface area contributed by atoms with Crippen molar-refractivity contribution in [2.24, 2.45) is 11.3 Å². The third kappa shape index (κ3) is 3.06. The van der Waals surface area contributed by atoms with Crippen LogP contribution in [0.1, 0.15) is 49.9 Å². The van der Waals surface area contributed by atoms with Gasteiger partial charge in [0.15, 0.2) is 0 Å². The van der Waals surface area contributed by atoms with Crippen molar-refractivity contribution in [1.82, 2.24) is 9.80 Å². The molecule has 144 valence electrons. The van der Waals surface area contributed by atoms with Gasteiger partial charge in [-0.1, -0.05) is 12.5 Å². The zero-order valence-electron chi connectivity index (χ0n) is 15.1. The Bertz CT molecular complexity index is 668. The van der Waals surface area contributed by atoms with E-state index in [2.05, 4.69) is 16.3 Å². The highest BCUT2D eigenvalue weighted by molar-refractivity contribution is 7.10. The fourth-order valence-corrected chi connectivity index (χ4v) is 6.05. The van der Waals surface area contributed by atoms with Gasteiger partial charge in [0.2, 0.25) is 5.91 Å². The van der Waals surface area contributed by atoms with Crippen LogP contribution in [0.25, 0.3) is 0 Å².